The monoisotopic (exact) mass is 314 g/mol. The normalized spacial score (nSPS) is 16.8. The molecule has 7 heteroatoms. The average molecular weight is 314 g/mol. The fraction of sp³-hybridized carbons (Fsp3) is 0.312. The molecule has 1 aromatic heterocycles. The highest BCUT2D eigenvalue weighted by atomic mass is 16.6. The van der Waals surface area contributed by atoms with E-state index in [1.807, 2.05) is 24.7 Å². The van der Waals surface area contributed by atoms with Gasteiger partial charge in [0.15, 0.2) is 0 Å². The van der Waals surface area contributed by atoms with Crippen molar-refractivity contribution in [2.75, 3.05) is 5.32 Å². The van der Waals surface area contributed by atoms with Crippen LogP contribution in [0.3, 0.4) is 0 Å². The summed E-state index contributed by atoms with van der Waals surface area (Å²) in [6.07, 6.45) is 1.62. The molecule has 0 saturated heterocycles. The summed E-state index contributed by atoms with van der Waals surface area (Å²) in [7, 11) is 0. The SMILES string of the molecule is CCn1cc(C2=NOC(C(=O)Nc3cccc(O)c3)C2)c(C)n1. The molecule has 0 radical (unpaired) electrons. The van der Waals surface area contributed by atoms with Gasteiger partial charge in [-0.25, -0.2) is 0 Å². The van der Waals surface area contributed by atoms with Crippen molar-refractivity contribution >= 4 is 17.3 Å². The molecule has 1 unspecified atom stereocenters. The zero-order valence-corrected chi connectivity index (χ0v) is 13.0. The third-order valence-corrected chi connectivity index (χ3v) is 3.66. The van der Waals surface area contributed by atoms with Crippen LogP contribution in [0.4, 0.5) is 5.69 Å². The number of aromatic nitrogens is 2. The summed E-state index contributed by atoms with van der Waals surface area (Å²) < 4.78 is 1.83. The van der Waals surface area contributed by atoms with E-state index in [2.05, 4.69) is 15.6 Å². The molecule has 0 spiro atoms. The standard InChI is InChI=1S/C16H18N4O3/c1-3-20-9-13(10(2)18-20)14-8-15(23-19-14)16(22)17-11-5-4-6-12(21)7-11/h4-7,9,15,21H,3,8H2,1-2H3,(H,17,22). The summed E-state index contributed by atoms with van der Waals surface area (Å²) in [6, 6.07) is 6.37. The topological polar surface area (TPSA) is 88.7 Å². The molecular formula is C16H18N4O3. The van der Waals surface area contributed by atoms with Gasteiger partial charge in [0.25, 0.3) is 5.91 Å². The Balaban J connectivity index is 1.66. The fourth-order valence-corrected chi connectivity index (χ4v) is 2.45. The molecule has 1 aliphatic heterocycles. The number of phenolic OH excluding ortho intramolecular Hbond substituents is 1. The van der Waals surface area contributed by atoms with Crippen LogP contribution in [0.2, 0.25) is 0 Å². The zero-order chi connectivity index (χ0) is 16.4. The molecule has 1 aliphatic rings. The molecule has 2 aromatic rings. The first-order chi connectivity index (χ1) is 11.1. The van der Waals surface area contributed by atoms with Crippen molar-refractivity contribution in [3.63, 3.8) is 0 Å². The van der Waals surface area contributed by atoms with E-state index in [1.165, 1.54) is 12.1 Å². The number of hydrogen-bond donors (Lipinski definition) is 2. The lowest BCUT2D eigenvalue weighted by atomic mass is 10.1. The molecule has 0 bridgehead atoms. The van der Waals surface area contributed by atoms with E-state index in [9.17, 15) is 9.90 Å². The van der Waals surface area contributed by atoms with Gasteiger partial charge in [0.05, 0.1) is 11.4 Å². The maximum atomic E-state index is 12.2. The van der Waals surface area contributed by atoms with Gasteiger partial charge in [-0.05, 0) is 26.0 Å². The lowest BCUT2D eigenvalue weighted by molar-refractivity contribution is -0.125. The predicted molar refractivity (Wildman–Crippen MR) is 85.4 cm³/mol. The summed E-state index contributed by atoms with van der Waals surface area (Å²) >= 11 is 0. The van der Waals surface area contributed by atoms with Crippen LogP contribution in [0.25, 0.3) is 0 Å². The molecule has 1 amide bonds. The van der Waals surface area contributed by atoms with Crippen LogP contribution < -0.4 is 5.32 Å². The van der Waals surface area contributed by atoms with Crippen LogP contribution in [0, 0.1) is 6.92 Å². The third-order valence-electron chi connectivity index (χ3n) is 3.66. The van der Waals surface area contributed by atoms with Crippen molar-refractivity contribution in [1.82, 2.24) is 9.78 Å². The molecule has 1 atom stereocenters. The van der Waals surface area contributed by atoms with Crippen molar-refractivity contribution in [1.29, 1.82) is 0 Å². The summed E-state index contributed by atoms with van der Waals surface area (Å²) in [5.74, 6) is -0.204. The smallest absolute Gasteiger partial charge is 0.268 e. The summed E-state index contributed by atoms with van der Waals surface area (Å²) in [5.41, 5.74) is 3.00. The number of anilines is 1. The Labute approximate surface area is 133 Å². The van der Waals surface area contributed by atoms with Crippen molar-refractivity contribution in [3.05, 3.63) is 41.7 Å². The first-order valence-corrected chi connectivity index (χ1v) is 7.44. The molecule has 0 saturated carbocycles. The quantitative estimate of drug-likeness (QED) is 0.904. The number of nitrogens with one attached hydrogen (secondary N) is 1. The van der Waals surface area contributed by atoms with Crippen LogP contribution in [-0.2, 0) is 16.2 Å². The Bertz CT molecular complexity index is 766. The van der Waals surface area contributed by atoms with Gasteiger partial charge in [-0.1, -0.05) is 11.2 Å². The number of carbonyl (C=O) groups is 1. The van der Waals surface area contributed by atoms with Crippen LogP contribution in [0.1, 0.15) is 24.6 Å². The Morgan fingerprint density at radius 2 is 2.35 bits per heavy atom. The maximum absolute atomic E-state index is 12.2. The molecular weight excluding hydrogens is 296 g/mol. The van der Waals surface area contributed by atoms with Crippen molar-refractivity contribution in [3.8, 4) is 5.75 Å². The number of hydrogen-bond acceptors (Lipinski definition) is 5. The van der Waals surface area contributed by atoms with E-state index < -0.39 is 6.10 Å². The third kappa shape index (κ3) is 3.18. The lowest BCUT2D eigenvalue weighted by Gasteiger charge is -2.09. The van der Waals surface area contributed by atoms with Gasteiger partial charge in [0, 0.05) is 36.5 Å². The molecule has 3 rings (SSSR count). The van der Waals surface area contributed by atoms with Crippen molar-refractivity contribution in [2.45, 2.75) is 32.9 Å². The number of benzene rings is 1. The summed E-state index contributed by atoms with van der Waals surface area (Å²) in [5, 5.41) is 20.5. The zero-order valence-electron chi connectivity index (χ0n) is 13.0. The second kappa shape index (κ2) is 6.12. The van der Waals surface area contributed by atoms with Crippen LogP contribution in [0.5, 0.6) is 5.75 Å². The molecule has 2 heterocycles. The van der Waals surface area contributed by atoms with E-state index in [0.29, 0.717) is 12.1 Å². The van der Waals surface area contributed by atoms with Gasteiger partial charge < -0.3 is 15.3 Å². The van der Waals surface area contributed by atoms with E-state index in [1.54, 1.807) is 12.1 Å². The largest absolute Gasteiger partial charge is 0.508 e. The minimum absolute atomic E-state index is 0.0923. The highest BCUT2D eigenvalue weighted by molar-refractivity contribution is 6.06. The first kappa shape index (κ1) is 15.1. The molecule has 2 N–H and O–H groups in total. The molecule has 1 aromatic carbocycles. The van der Waals surface area contributed by atoms with Crippen molar-refractivity contribution < 1.29 is 14.7 Å². The molecule has 0 aliphatic carbocycles. The number of phenols is 1. The first-order valence-electron chi connectivity index (χ1n) is 7.44. The number of rotatable bonds is 4. The van der Waals surface area contributed by atoms with Crippen molar-refractivity contribution in [2.24, 2.45) is 5.16 Å². The number of oxime groups is 1. The van der Waals surface area contributed by atoms with E-state index in [-0.39, 0.29) is 11.7 Å². The predicted octanol–water partition coefficient (Wildman–Crippen LogP) is 2.05. The Morgan fingerprint density at radius 3 is 3.04 bits per heavy atom. The Hall–Kier alpha value is -2.83. The second-order valence-corrected chi connectivity index (χ2v) is 5.36. The van der Waals surface area contributed by atoms with Crippen LogP contribution in [-0.4, -0.2) is 32.6 Å². The average Bonchev–Trinajstić information content (AvgIpc) is 3.13. The summed E-state index contributed by atoms with van der Waals surface area (Å²) in [6.45, 7) is 4.69. The minimum Gasteiger partial charge on any atom is -0.508 e. The maximum Gasteiger partial charge on any atom is 0.268 e. The van der Waals surface area contributed by atoms with Gasteiger partial charge in [-0.15, -0.1) is 0 Å². The molecule has 0 fully saturated rings. The van der Waals surface area contributed by atoms with E-state index in [4.69, 9.17) is 4.84 Å². The van der Waals surface area contributed by atoms with E-state index >= 15 is 0 Å². The number of carbonyl (C=O) groups excluding carboxylic acids is 1. The van der Waals surface area contributed by atoms with Crippen LogP contribution >= 0.6 is 0 Å². The number of aromatic hydroxyl groups is 1. The van der Waals surface area contributed by atoms with Gasteiger partial charge in [-0.3, -0.25) is 9.48 Å². The highest BCUT2D eigenvalue weighted by Crippen LogP contribution is 2.21. The van der Waals surface area contributed by atoms with Gasteiger partial charge in [0.1, 0.15) is 5.75 Å². The summed E-state index contributed by atoms with van der Waals surface area (Å²) in [4.78, 5) is 17.5. The fourth-order valence-electron chi connectivity index (χ4n) is 2.45. The Morgan fingerprint density at radius 1 is 1.52 bits per heavy atom. The number of nitrogens with zero attached hydrogens (tertiary/aromatic N) is 3. The lowest BCUT2D eigenvalue weighted by Crippen LogP contribution is -2.28. The van der Waals surface area contributed by atoms with E-state index in [0.717, 1.165) is 23.5 Å². The van der Waals surface area contributed by atoms with Gasteiger partial charge in [0.2, 0.25) is 6.10 Å². The number of aryl methyl sites for hydroxylation is 2. The Kier molecular flexibility index (Phi) is 4.01. The highest BCUT2D eigenvalue weighted by Gasteiger charge is 2.30. The second-order valence-electron chi connectivity index (χ2n) is 5.36. The molecule has 120 valence electrons. The minimum atomic E-state index is -0.684. The van der Waals surface area contributed by atoms with Crippen LogP contribution in [0.15, 0.2) is 35.6 Å². The van der Waals surface area contributed by atoms with Gasteiger partial charge >= 0.3 is 0 Å². The number of amides is 1. The molecule has 23 heavy (non-hydrogen) atoms. The van der Waals surface area contributed by atoms with Gasteiger partial charge in [-0.2, -0.15) is 5.10 Å². The molecule has 7 nitrogen and oxygen atoms in total.